The summed E-state index contributed by atoms with van der Waals surface area (Å²) in [7, 11) is -6.70. The van der Waals surface area contributed by atoms with Gasteiger partial charge in [0.25, 0.3) is 0 Å². The van der Waals surface area contributed by atoms with Crippen LogP contribution in [0.15, 0.2) is 25.3 Å². The summed E-state index contributed by atoms with van der Waals surface area (Å²) in [5.41, 5.74) is 0. The van der Waals surface area contributed by atoms with Gasteiger partial charge in [-0.05, 0) is 49.3 Å². The predicted octanol–water partition coefficient (Wildman–Crippen LogP) is 3.41. The molecule has 0 aliphatic heterocycles. The molecule has 5 N–H and O–H groups in total. The summed E-state index contributed by atoms with van der Waals surface area (Å²) < 4.78 is 65.5. The Hall–Kier alpha value is -1.11. The van der Waals surface area contributed by atoms with Crippen molar-refractivity contribution < 1.29 is 81.5 Å². The van der Waals surface area contributed by atoms with E-state index in [0.717, 1.165) is 25.0 Å². The quantitative estimate of drug-likeness (QED) is 0.0209. The minimum atomic E-state index is -4.11. The molecule has 0 amide bonds. The lowest BCUT2D eigenvalue weighted by Crippen LogP contribution is -2.32. The van der Waals surface area contributed by atoms with Crippen LogP contribution in [-0.4, -0.2) is 166 Å². The number of aliphatic hydroxyl groups excluding tert-OH is 3. The van der Waals surface area contributed by atoms with E-state index in [0.29, 0.717) is 51.0 Å². The molecule has 0 aromatic rings. The number of hydrogen-bond donors (Lipinski definition) is 5. The van der Waals surface area contributed by atoms with Crippen molar-refractivity contribution in [1.82, 2.24) is 0 Å². The third-order valence-corrected chi connectivity index (χ3v) is 9.19. The lowest BCUT2D eigenvalue weighted by atomic mass is 10.1. The van der Waals surface area contributed by atoms with Crippen LogP contribution in [0, 0.1) is 11.8 Å². The van der Waals surface area contributed by atoms with Gasteiger partial charge in [0.15, 0.2) is 0 Å². The summed E-state index contributed by atoms with van der Waals surface area (Å²) in [6, 6.07) is 0. The molecule has 0 rings (SSSR count). The van der Waals surface area contributed by atoms with E-state index >= 15 is 0 Å². The van der Waals surface area contributed by atoms with Crippen LogP contribution < -0.4 is 0 Å². The van der Waals surface area contributed by atoms with E-state index in [1.165, 1.54) is 0 Å². The zero-order chi connectivity index (χ0) is 42.7. The highest BCUT2D eigenvalue weighted by Crippen LogP contribution is 2.41. The first-order valence-electron chi connectivity index (χ1n) is 18.1. The zero-order valence-corrected chi connectivity index (χ0v) is 36.0. The number of allylic oxidation sites excluding steroid dienone is 1. The SMILES string of the molecule is C=CC(=O)Cl.C=CC(=O)OCC(O)COC(COCCC(C)C)COCCP(=O)(O)O.CCOP(C)(=O)CCOCC(COCCC(C)C)OCC(O)CO. The van der Waals surface area contributed by atoms with Crippen molar-refractivity contribution in [3.63, 3.8) is 0 Å². The Morgan fingerprint density at radius 1 is 0.709 bits per heavy atom. The maximum Gasteiger partial charge on any atom is 0.330 e. The van der Waals surface area contributed by atoms with E-state index in [9.17, 15) is 28.9 Å². The maximum atomic E-state index is 12.0. The minimum absolute atomic E-state index is 0.0171. The van der Waals surface area contributed by atoms with Crippen molar-refractivity contribution >= 4 is 37.8 Å². The largest absolute Gasteiger partial charge is 0.460 e. The number of carbonyl (C=O) groups is 2. The lowest BCUT2D eigenvalue weighted by molar-refractivity contribution is -0.143. The van der Waals surface area contributed by atoms with Gasteiger partial charge < -0.3 is 62.8 Å². The fraction of sp³-hybridized carbons (Fsp3) is 0.829. The number of aliphatic hydroxyl groups is 3. The second-order valence-electron chi connectivity index (χ2n) is 13.0. The Morgan fingerprint density at radius 2 is 1.13 bits per heavy atom. The van der Waals surface area contributed by atoms with E-state index in [1.807, 2.05) is 6.92 Å². The van der Waals surface area contributed by atoms with Crippen LogP contribution in [0.5, 0.6) is 0 Å². The van der Waals surface area contributed by atoms with Crippen molar-refractivity contribution in [3.8, 4) is 0 Å². The Labute approximate surface area is 332 Å². The zero-order valence-electron chi connectivity index (χ0n) is 33.5. The minimum Gasteiger partial charge on any atom is -0.460 e. The number of rotatable bonds is 33. The normalized spacial score (nSPS) is 14.7. The van der Waals surface area contributed by atoms with Crippen LogP contribution in [0.25, 0.3) is 0 Å². The van der Waals surface area contributed by atoms with Crippen LogP contribution in [0.3, 0.4) is 0 Å². The van der Waals surface area contributed by atoms with Crippen molar-refractivity contribution in [1.29, 1.82) is 0 Å². The molecule has 328 valence electrons. The highest BCUT2D eigenvalue weighted by atomic mass is 35.5. The van der Waals surface area contributed by atoms with Gasteiger partial charge >= 0.3 is 13.6 Å². The maximum absolute atomic E-state index is 12.0. The second-order valence-corrected chi connectivity index (χ2v) is 17.8. The highest BCUT2D eigenvalue weighted by Gasteiger charge is 2.18. The summed E-state index contributed by atoms with van der Waals surface area (Å²) >= 11 is 4.71. The molecule has 20 heteroatoms. The van der Waals surface area contributed by atoms with Gasteiger partial charge in [-0.25, -0.2) is 4.79 Å². The fourth-order valence-corrected chi connectivity index (χ4v) is 4.87. The molecule has 5 atom stereocenters. The standard InChI is InChI=1S/C16H31O9P.C16H35O7P.C3H3ClO/c1-4-16(18)25-10-14(17)9-24-15(11-22-6-5-13(2)3)12-23-7-8-26(19,20)21;1-5-23-24(4,19)9-8-21-13-16(22-11-15(18)10-17)12-20-7-6-14(2)3;1-2-3(4)5/h4,13-15,17H,1,5-12H2,2-3H3,(H2,19,20,21);14-18H,5-13H2,1-4H3;2H,1H2. The molecule has 5 unspecified atom stereocenters. The smallest absolute Gasteiger partial charge is 0.330 e. The number of esters is 1. The van der Waals surface area contributed by atoms with Crippen LogP contribution in [-0.2, 0) is 56.4 Å². The molecule has 17 nitrogen and oxygen atoms in total. The Morgan fingerprint density at radius 3 is 1.49 bits per heavy atom. The van der Waals surface area contributed by atoms with Gasteiger partial charge in [-0.3, -0.25) is 13.9 Å². The molecule has 0 aromatic heterocycles. The predicted molar refractivity (Wildman–Crippen MR) is 210 cm³/mol. The van der Waals surface area contributed by atoms with Gasteiger partial charge in [-0.1, -0.05) is 40.9 Å². The first-order chi connectivity index (χ1) is 25.7. The van der Waals surface area contributed by atoms with Crippen LogP contribution in [0.2, 0.25) is 0 Å². The summed E-state index contributed by atoms with van der Waals surface area (Å²) in [5.74, 6) is 0.419. The molecule has 0 aromatic carbocycles. The van der Waals surface area contributed by atoms with Gasteiger partial charge in [-0.15, -0.1) is 0 Å². The molecular formula is C35H69ClO17P2. The first kappa shape index (κ1) is 58.2. The molecule has 55 heavy (non-hydrogen) atoms. The summed E-state index contributed by atoms with van der Waals surface area (Å²) in [4.78, 5) is 38.0. The number of hydrogen-bond acceptors (Lipinski definition) is 15. The lowest BCUT2D eigenvalue weighted by Gasteiger charge is -2.20. The third kappa shape index (κ3) is 47.2. The molecule has 0 saturated carbocycles. The molecule has 0 fully saturated rings. The molecule has 0 radical (unpaired) electrons. The average molecular weight is 859 g/mol. The Kier molecular flexibility index (Phi) is 39.3. The number of ether oxygens (including phenoxy) is 7. The molecule has 0 saturated heterocycles. The molecule has 0 aliphatic rings. The van der Waals surface area contributed by atoms with Gasteiger partial charge in [0.2, 0.25) is 12.6 Å². The Bertz CT molecular complexity index is 1060. The van der Waals surface area contributed by atoms with Crippen molar-refractivity contribution in [2.75, 3.05) is 105 Å². The molecular weight excluding hydrogens is 790 g/mol. The van der Waals surface area contributed by atoms with E-state index in [4.69, 9.17) is 64.2 Å². The third-order valence-electron chi connectivity index (χ3n) is 6.47. The average Bonchev–Trinajstić information content (AvgIpc) is 3.10. The van der Waals surface area contributed by atoms with Gasteiger partial charge in [0, 0.05) is 32.1 Å². The van der Waals surface area contributed by atoms with Crippen molar-refractivity contribution in [3.05, 3.63) is 25.3 Å². The van der Waals surface area contributed by atoms with E-state index < -0.39 is 44.5 Å². The molecule has 0 bridgehead atoms. The van der Waals surface area contributed by atoms with E-state index in [1.54, 1.807) is 6.66 Å². The topological polar surface area (TPSA) is 243 Å². The van der Waals surface area contributed by atoms with Gasteiger partial charge in [0.05, 0.1) is 72.2 Å². The monoisotopic (exact) mass is 858 g/mol. The first-order valence-corrected chi connectivity index (χ1v) is 22.5. The van der Waals surface area contributed by atoms with Crippen LogP contribution in [0.4, 0.5) is 0 Å². The van der Waals surface area contributed by atoms with Crippen molar-refractivity contribution in [2.24, 2.45) is 11.8 Å². The summed E-state index contributed by atoms with van der Waals surface area (Å²) in [5, 5.41) is 27.5. The van der Waals surface area contributed by atoms with Crippen LogP contribution in [0.1, 0.15) is 47.5 Å². The van der Waals surface area contributed by atoms with E-state index in [2.05, 4.69) is 40.9 Å². The van der Waals surface area contributed by atoms with E-state index in [-0.39, 0.29) is 65.1 Å². The summed E-state index contributed by atoms with van der Waals surface area (Å²) in [6.45, 7) is 20.1. The number of halogens is 1. The summed E-state index contributed by atoms with van der Waals surface area (Å²) in [6.07, 6.45) is 1.03. The Balaban J connectivity index is -0.000000876. The highest BCUT2D eigenvalue weighted by molar-refractivity contribution is 7.58. The van der Waals surface area contributed by atoms with Gasteiger partial charge in [-0.2, -0.15) is 0 Å². The fourth-order valence-electron chi connectivity index (χ4n) is 3.37. The van der Waals surface area contributed by atoms with Crippen LogP contribution >= 0.6 is 26.6 Å². The second kappa shape index (κ2) is 37.2. The molecule has 0 spiro atoms. The van der Waals surface area contributed by atoms with Gasteiger partial charge in [0.1, 0.15) is 31.0 Å². The molecule has 0 aliphatic carbocycles. The molecule has 0 heterocycles. The van der Waals surface area contributed by atoms with Crippen molar-refractivity contribution in [2.45, 2.75) is 71.9 Å². The number of carbonyl (C=O) groups excluding carboxylic acids is 2.